The van der Waals surface area contributed by atoms with Gasteiger partial charge in [0.15, 0.2) is 5.82 Å². The second-order valence-electron chi connectivity index (χ2n) is 5.44. The van der Waals surface area contributed by atoms with Gasteiger partial charge in [0.25, 0.3) is 0 Å². The van der Waals surface area contributed by atoms with Crippen molar-refractivity contribution in [3.05, 3.63) is 11.6 Å². The van der Waals surface area contributed by atoms with Crippen molar-refractivity contribution in [2.24, 2.45) is 7.05 Å². The molecule has 0 spiro atoms. The van der Waals surface area contributed by atoms with E-state index >= 15 is 0 Å². The number of nitrogens with zero attached hydrogens (tertiary/aromatic N) is 3. The van der Waals surface area contributed by atoms with E-state index in [1.165, 1.54) is 44.9 Å². The van der Waals surface area contributed by atoms with E-state index in [9.17, 15) is 0 Å². The largest absolute Gasteiger partial charge is 0.307 e. The third-order valence-corrected chi connectivity index (χ3v) is 4.16. The summed E-state index contributed by atoms with van der Waals surface area (Å²) in [7, 11) is 2.04. The molecule has 2 heterocycles. The third-order valence-electron chi connectivity index (χ3n) is 4.16. The predicted molar refractivity (Wildman–Crippen MR) is 66.8 cm³/mol. The summed E-state index contributed by atoms with van der Waals surface area (Å²) < 4.78 is 1.99. The lowest BCUT2D eigenvalue weighted by Gasteiger charge is -2.18. The molecule has 2 fully saturated rings. The Bertz CT molecular complexity index is 373. The molecule has 1 atom stereocenters. The minimum absolute atomic E-state index is 0.435. The van der Waals surface area contributed by atoms with Crippen LogP contribution < -0.4 is 5.32 Å². The van der Waals surface area contributed by atoms with Crippen LogP contribution in [0.5, 0.6) is 0 Å². The number of hydrogen-bond acceptors (Lipinski definition) is 3. The van der Waals surface area contributed by atoms with Crippen LogP contribution in [0.2, 0.25) is 0 Å². The Morgan fingerprint density at radius 3 is 2.65 bits per heavy atom. The molecule has 1 aliphatic heterocycles. The highest BCUT2D eigenvalue weighted by atomic mass is 15.3. The first-order valence-electron chi connectivity index (χ1n) is 6.99. The van der Waals surface area contributed by atoms with Crippen LogP contribution in [-0.2, 0) is 7.05 Å². The smallest absolute Gasteiger partial charge is 0.154 e. The van der Waals surface area contributed by atoms with E-state index in [0.717, 1.165) is 18.2 Å². The SMILES string of the molecule is Cn1nc(C2CCCCC2)nc1C1CCCN1. The second-order valence-corrected chi connectivity index (χ2v) is 5.44. The number of rotatable bonds is 2. The molecule has 1 aromatic rings. The number of hydrogen-bond donors (Lipinski definition) is 1. The first kappa shape index (κ1) is 11.2. The summed E-state index contributed by atoms with van der Waals surface area (Å²) in [5.74, 6) is 2.85. The van der Waals surface area contributed by atoms with Crippen molar-refractivity contribution in [2.75, 3.05) is 6.54 Å². The fraction of sp³-hybridized carbons (Fsp3) is 0.846. The Kier molecular flexibility index (Phi) is 3.14. The van der Waals surface area contributed by atoms with Crippen LogP contribution >= 0.6 is 0 Å². The summed E-state index contributed by atoms with van der Waals surface area (Å²) in [6.45, 7) is 1.12. The van der Waals surface area contributed by atoms with Crippen molar-refractivity contribution in [3.8, 4) is 0 Å². The Labute approximate surface area is 103 Å². The molecule has 2 aliphatic rings. The molecule has 17 heavy (non-hydrogen) atoms. The van der Waals surface area contributed by atoms with Gasteiger partial charge in [0.1, 0.15) is 5.82 Å². The molecule has 3 rings (SSSR count). The van der Waals surface area contributed by atoms with Gasteiger partial charge >= 0.3 is 0 Å². The fourth-order valence-corrected chi connectivity index (χ4v) is 3.16. The van der Waals surface area contributed by atoms with Gasteiger partial charge in [-0.05, 0) is 32.2 Å². The second kappa shape index (κ2) is 4.77. The number of aryl methyl sites for hydroxylation is 1. The normalized spacial score (nSPS) is 26.5. The van der Waals surface area contributed by atoms with Crippen LogP contribution in [0, 0.1) is 0 Å². The van der Waals surface area contributed by atoms with Crippen LogP contribution in [0.25, 0.3) is 0 Å². The molecule has 1 saturated carbocycles. The Morgan fingerprint density at radius 1 is 1.12 bits per heavy atom. The van der Waals surface area contributed by atoms with E-state index < -0.39 is 0 Å². The van der Waals surface area contributed by atoms with E-state index in [0.29, 0.717) is 12.0 Å². The maximum Gasteiger partial charge on any atom is 0.154 e. The van der Waals surface area contributed by atoms with Crippen LogP contribution in [0.15, 0.2) is 0 Å². The molecular formula is C13H22N4. The van der Waals surface area contributed by atoms with Crippen molar-refractivity contribution < 1.29 is 0 Å². The molecule has 1 N–H and O–H groups in total. The lowest BCUT2D eigenvalue weighted by Crippen LogP contribution is -2.17. The van der Waals surface area contributed by atoms with Gasteiger partial charge in [-0.2, -0.15) is 5.10 Å². The highest BCUT2D eigenvalue weighted by molar-refractivity contribution is 5.05. The van der Waals surface area contributed by atoms with E-state index in [1.807, 2.05) is 11.7 Å². The zero-order valence-corrected chi connectivity index (χ0v) is 10.7. The maximum atomic E-state index is 4.80. The highest BCUT2D eigenvalue weighted by Gasteiger charge is 2.25. The predicted octanol–water partition coefficient (Wildman–Crippen LogP) is 2.29. The van der Waals surface area contributed by atoms with Gasteiger partial charge in [-0.25, -0.2) is 4.98 Å². The lowest BCUT2D eigenvalue weighted by atomic mass is 9.89. The lowest BCUT2D eigenvalue weighted by molar-refractivity contribution is 0.427. The highest BCUT2D eigenvalue weighted by Crippen LogP contribution is 2.31. The van der Waals surface area contributed by atoms with Gasteiger partial charge in [0.2, 0.25) is 0 Å². The van der Waals surface area contributed by atoms with E-state index in [1.54, 1.807) is 0 Å². The fourth-order valence-electron chi connectivity index (χ4n) is 3.16. The Hall–Kier alpha value is -0.900. The summed E-state index contributed by atoms with van der Waals surface area (Å²) >= 11 is 0. The molecular weight excluding hydrogens is 212 g/mol. The zero-order chi connectivity index (χ0) is 11.7. The minimum Gasteiger partial charge on any atom is -0.307 e. The van der Waals surface area contributed by atoms with Crippen molar-refractivity contribution in [3.63, 3.8) is 0 Å². The van der Waals surface area contributed by atoms with Crippen LogP contribution in [0.4, 0.5) is 0 Å². The standard InChI is InChI=1S/C13H22N4/c1-17-13(11-8-5-9-14-11)15-12(16-17)10-6-3-2-4-7-10/h10-11,14H,2-9H2,1H3. The van der Waals surface area contributed by atoms with Gasteiger partial charge < -0.3 is 5.32 Å². The van der Waals surface area contributed by atoms with Crippen LogP contribution in [-0.4, -0.2) is 21.3 Å². The monoisotopic (exact) mass is 234 g/mol. The minimum atomic E-state index is 0.435. The average molecular weight is 234 g/mol. The molecule has 1 unspecified atom stereocenters. The Morgan fingerprint density at radius 2 is 1.94 bits per heavy atom. The molecule has 0 aromatic carbocycles. The molecule has 1 aromatic heterocycles. The molecule has 1 aliphatic carbocycles. The van der Waals surface area contributed by atoms with Crippen molar-refractivity contribution >= 4 is 0 Å². The van der Waals surface area contributed by atoms with Crippen molar-refractivity contribution in [1.29, 1.82) is 0 Å². The van der Waals surface area contributed by atoms with Gasteiger partial charge in [0, 0.05) is 13.0 Å². The number of aromatic nitrogens is 3. The maximum absolute atomic E-state index is 4.80. The van der Waals surface area contributed by atoms with Crippen molar-refractivity contribution in [1.82, 2.24) is 20.1 Å². The van der Waals surface area contributed by atoms with Gasteiger partial charge in [0.05, 0.1) is 6.04 Å². The molecule has 0 radical (unpaired) electrons. The quantitative estimate of drug-likeness (QED) is 0.853. The molecule has 0 amide bonds. The van der Waals surface area contributed by atoms with Gasteiger partial charge in [-0.15, -0.1) is 0 Å². The molecule has 94 valence electrons. The van der Waals surface area contributed by atoms with Crippen LogP contribution in [0.1, 0.15) is 68.6 Å². The zero-order valence-electron chi connectivity index (χ0n) is 10.7. The summed E-state index contributed by atoms with van der Waals surface area (Å²) in [4.78, 5) is 4.80. The van der Waals surface area contributed by atoms with E-state index in [-0.39, 0.29) is 0 Å². The average Bonchev–Trinajstić information content (AvgIpc) is 2.99. The first-order chi connectivity index (χ1) is 8.34. The third kappa shape index (κ3) is 2.23. The molecule has 4 nitrogen and oxygen atoms in total. The first-order valence-corrected chi connectivity index (χ1v) is 6.99. The van der Waals surface area contributed by atoms with Gasteiger partial charge in [-0.3, -0.25) is 4.68 Å². The molecule has 1 saturated heterocycles. The van der Waals surface area contributed by atoms with E-state index in [2.05, 4.69) is 10.4 Å². The topological polar surface area (TPSA) is 42.7 Å². The summed E-state index contributed by atoms with van der Waals surface area (Å²) in [6.07, 6.45) is 9.11. The van der Waals surface area contributed by atoms with E-state index in [4.69, 9.17) is 4.98 Å². The summed E-state index contributed by atoms with van der Waals surface area (Å²) in [5, 5.41) is 8.15. The molecule has 4 heteroatoms. The number of nitrogens with one attached hydrogen (secondary N) is 1. The Balaban J connectivity index is 1.79. The van der Waals surface area contributed by atoms with Crippen molar-refractivity contribution in [2.45, 2.75) is 56.9 Å². The molecule has 0 bridgehead atoms. The summed E-state index contributed by atoms with van der Waals surface area (Å²) in [5.41, 5.74) is 0. The van der Waals surface area contributed by atoms with Crippen LogP contribution in [0.3, 0.4) is 0 Å². The summed E-state index contributed by atoms with van der Waals surface area (Å²) in [6, 6.07) is 0.435. The van der Waals surface area contributed by atoms with Gasteiger partial charge in [-0.1, -0.05) is 19.3 Å².